The lowest BCUT2D eigenvalue weighted by molar-refractivity contribution is -0.136. The van der Waals surface area contributed by atoms with Gasteiger partial charge in [0.15, 0.2) is 0 Å². The van der Waals surface area contributed by atoms with E-state index in [1.807, 2.05) is 13.8 Å². The molecule has 1 aromatic heterocycles. The minimum Gasteiger partial charge on any atom is -0.465 e. The quantitative estimate of drug-likeness (QED) is 0.537. The largest absolute Gasteiger partial charge is 0.465 e. The van der Waals surface area contributed by atoms with Gasteiger partial charge >= 0.3 is 5.97 Å². The van der Waals surface area contributed by atoms with Crippen molar-refractivity contribution in [3.8, 4) is 0 Å². The van der Waals surface area contributed by atoms with E-state index in [2.05, 4.69) is 4.72 Å². The molecule has 10 heteroatoms. The average molecular weight is 497 g/mol. The van der Waals surface area contributed by atoms with E-state index in [1.54, 1.807) is 17.0 Å². The Morgan fingerprint density at radius 3 is 2.48 bits per heavy atom. The van der Waals surface area contributed by atoms with Crippen LogP contribution in [0.3, 0.4) is 0 Å². The van der Waals surface area contributed by atoms with Gasteiger partial charge in [-0.1, -0.05) is 26.0 Å². The number of hydrogen-bond donors (Lipinski definition) is 1. The first-order valence-corrected chi connectivity index (χ1v) is 13.3. The molecule has 0 unspecified atom stereocenters. The van der Waals surface area contributed by atoms with Crippen molar-refractivity contribution in [1.82, 2.24) is 9.62 Å². The molecule has 33 heavy (non-hydrogen) atoms. The van der Waals surface area contributed by atoms with E-state index in [-0.39, 0.29) is 40.5 Å². The Bertz CT molecular complexity index is 1110. The average Bonchev–Trinajstić information content (AvgIpc) is 3.20. The number of methoxy groups -OCH3 is 1. The van der Waals surface area contributed by atoms with Crippen molar-refractivity contribution < 1.29 is 27.1 Å². The van der Waals surface area contributed by atoms with Crippen LogP contribution in [0.5, 0.6) is 0 Å². The number of nitrogens with one attached hydrogen (secondary N) is 1. The van der Waals surface area contributed by atoms with Gasteiger partial charge < -0.3 is 9.64 Å². The van der Waals surface area contributed by atoms with Gasteiger partial charge in [-0.25, -0.2) is 22.3 Å². The predicted molar refractivity (Wildman–Crippen MR) is 124 cm³/mol. The van der Waals surface area contributed by atoms with Gasteiger partial charge in [-0.2, -0.15) is 0 Å². The summed E-state index contributed by atoms with van der Waals surface area (Å²) >= 11 is 1.01. The molecule has 3 rings (SSSR count). The second-order valence-electron chi connectivity index (χ2n) is 7.96. The van der Waals surface area contributed by atoms with Gasteiger partial charge in [-0.3, -0.25) is 4.79 Å². The van der Waals surface area contributed by atoms with Gasteiger partial charge in [0.2, 0.25) is 5.91 Å². The third kappa shape index (κ3) is 5.62. The standard InChI is InChI=1S/C23H29FN2O5S2/c1-4-16(5-2)21(27)26-13-11-18-19(14-26)32-23(20(18)22(28)31-3)33(29,30)25-12-10-15-6-8-17(24)9-7-15/h6-9,16,25H,4-5,10-14H2,1-3H3. The highest BCUT2D eigenvalue weighted by molar-refractivity contribution is 7.91. The maximum Gasteiger partial charge on any atom is 0.340 e. The Morgan fingerprint density at radius 1 is 1.21 bits per heavy atom. The van der Waals surface area contributed by atoms with Crippen LogP contribution in [0.2, 0.25) is 0 Å². The minimum atomic E-state index is -3.99. The number of sulfonamides is 1. The molecular formula is C23H29FN2O5S2. The maximum absolute atomic E-state index is 13.1. The smallest absolute Gasteiger partial charge is 0.340 e. The van der Waals surface area contributed by atoms with Gasteiger partial charge in [0.25, 0.3) is 10.0 Å². The molecule has 7 nitrogen and oxygen atoms in total. The van der Waals surface area contributed by atoms with Crippen molar-refractivity contribution in [2.45, 2.75) is 50.3 Å². The Labute approximate surface area is 198 Å². The number of carbonyl (C=O) groups is 2. The molecule has 1 aromatic carbocycles. The molecule has 1 N–H and O–H groups in total. The Balaban J connectivity index is 1.83. The molecule has 0 spiro atoms. The number of ether oxygens (including phenoxy) is 1. The number of carbonyl (C=O) groups excluding carboxylic acids is 2. The minimum absolute atomic E-state index is 0.0560. The van der Waals surface area contributed by atoms with Crippen LogP contribution in [0, 0.1) is 11.7 Å². The fraction of sp³-hybridized carbons (Fsp3) is 0.478. The normalized spacial score (nSPS) is 13.8. The summed E-state index contributed by atoms with van der Waals surface area (Å²) in [4.78, 5) is 27.8. The van der Waals surface area contributed by atoms with Crippen molar-refractivity contribution in [2.75, 3.05) is 20.2 Å². The highest BCUT2D eigenvalue weighted by atomic mass is 32.2. The molecule has 0 bridgehead atoms. The molecule has 0 saturated carbocycles. The number of benzene rings is 1. The van der Waals surface area contributed by atoms with Crippen molar-refractivity contribution in [3.05, 3.63) is 51.7 Å². The number of esters is 1. The molecule has 2 heterocycles. The lowest BCUT2D eigenvalue weighted by atomic mass is 9.98. The molecule has 1 amide bonds. The highest BCUT2D eigenvalue weighted by Gasteiger charge is 2.35. The van der Waals surface area contributed by atoms with Crippen LogP contribution in [-0.4, -0.2) is 45.4 Å². The van der Waals surface area contributed by atoms with E-state index in [0.29, 0.717) is 29.8 Å². The summed E-state index contributed by atoms with van der Waals surface area (Å²) in [6.07, 6.45) is 2.26. The summed E-state index contributed by atoms with van der Waals surface area (Å²) in [5.41, 5.74) is 1.48. The van der Waals surface area contributed by atoms with Crippen LogP contribution >= 0.6 is 11.3 Å². The summed E-state index contributed by atoms with van der Waals surface area (Å²) in [7, 11) is -2.77. The number of halogens is 1. The highest BCUT2D eigenvalue weighted by Crippen LogP contribution is 2.37. The zero-order valence-electron chi connectivity index (χ0n) is 19.0. The number of rotatable bonds is 9. The van der Waals surface area contributed by atoms with Crippen LogP contribution in [0.4, 0.5) is 4.39 Å². The van der Waals surface area contributed by atoms with Crippen molar-refractivity contribution in [2.24, 2.45) is 5.92 Å². The number of fused-ring (bicyclic) bond motifs is 1. The maximum atomic E-state index is 13.1. The second-order valence-corrected chi connectivity index (χ2v) is 11.0. The summed E-state index contributed by atoms with van der Waals surface area (Å²) in [6, 6.07) is 5.83. The van der Waals surface area contributed by atoms with Gasteiger partial charge in [0.1, 0.15) is 10.0 Å². The molecule has 0 saturated heterocycles. The Hall–Kier alpha value is -2.30. The van der Waals surface area contributed by atoms with E-state index in [4.69, 9.17) is 4.74 Å². The van der Waals surface area contributed by atoms with Crippen molar-refractivity contribution >= 4 is 33.2 Å². The predicted octanol–water partition coefficient (Wildman–Crippen LogP) is 3.52. The van der Waals surface area contributed by atoms with E-state index >= 15 is 0 Å². The Kier molecular flexibility index (Phi) is 8.25. The van der Waals surface area contributed by atoms with Crippen LogP contribution in [0.1, 0.15) is 53.1 Å². The summed E-state index contributed by atoms with van der Waals surface area (Å²) in [6.45, 7) is 4.76. The number of nitrogens with zero attached hydrogens (tertiary/aromatic N) is 1. The summed E-state index contributed by atoms with van der Waals surface area (Å²) < 4.78 is 46.6. The molecule has 180 valence electrons. The molecule has 1 aliphatic heterocycles. The number of amides is 1. The van der Waals surface area contributed by atoms with E-state index < -0.39 is 16.0 Å². The molecule has 0 atom stereocenters. The molecule has 1 aliphatic rings. The van der Waals surface area contributed by atoms with Gasteiger partial charge in [-0.05, 0) is 48.9 Å². The van der Waals surface area contributed by atoms with Gasteiger partial charge in [0, 0.05) is 23.9 Å². The molecule has 0 aliphatic carbocycles. The lowest BCUT2D eigenvalue weighted by Crippen LogP contribution is -2.39. The summed E-state index contributed by atoms with van der Waals surface area (Å²) in [5.74, 6) is -1.07. The van der Waals surface area contributed by atoms with E-state index in [1.165, 1.54) is 19.2 Å². The van der Waals surface area contributed by atoms with Crippen LogP contribution in [0.15, 0.2) is 28.5 Å². The Morgan fingerprint density at radius 2 is 1.88 bits per heavy atom. The number of thiophene rings is 1. The number of hydrogen-bond acceptors (Lipinski definition) is 6. The first-order chi connectivity index (χ1) is 15.7. The SMILES string of the molecule is CCC(CC)C(=O)N1CCc2c(sc(S(=O)(=O)NCCc3ccc(F)cc3)c2C(=O)OC)C1. The third-order valence-electron chi connectivity index (χ3n) is 5.92. The van der Waals surface area contributed by atoms with Crippen molar-refractivity contribution in [3.63, 3.8) is 0 Å². The molecule has 0 radical (unpaired) electrons. The van der Waals surface area contributed by atoms with E-state index in [9.17, 15) is 22.4 Å². The fourth-order valence-corrected chi connectivity index (χ4v) is 6.98. The topological polar surface area (TPSA) is 92.8 Å². The second kappa shape index (κ2) is 10.8. The van der Waals surface area contributed by atoms with Crippen LogP contribution < -0.4 is 4.72 Å². The molecular weight excluding hydrogens is 467 g/mol. The van der Waals surface area contributed by atoms with Crippen LogP contribution in [0.25, 0.3) is 0 Å². The van der Waals surface area contributed by atoms with Crippen molar-refractivity contribution in [1.29, 1.82) is 0 Å². The van der Waals surface area contributed by atoms with Gasteiger partial charge in [-0.15, -0.1) is 11.3 Å². The third-order valence-corrected chi connectivity index (χ3v) is 9.12. The molecule has 0 fully saturated rings. The van der Waals surface area contributed by atoms with E-state index in [0.717, 1.165) is 29.7 Å². The molecule has 2 aromatic rings. The zero-order valence-corrected chi connectivity index (χ0v) is 20.7. The fourth-order valence-electron chi connectivity index (χ4n) is 4.01. The summed E-state index contributed by atoms with van der Waals surface area (Å²) in [5, 5.41) is 0. The van der Waals surface area contributed by atoms with Gasteiger partial charge in [0.05, 0.1) is 19.2 Å². The monoisotopic (exact) mass is 496 g/mol. The zero-order chi connectivity index (χ0) is 24.2. The van der Waals surface area contributed by atoms with Crippen LogP contribution in [-0.2, 0) is 38.9 Å². The lowest BCUT2D eigenvalue weighted by Gasteiger charge is -2.30. The first kappa shape index (κ1) is 25.3. The first-order valence-electron chi connectivity index (χ1n) is 11.0.